The molecule has 2 N–H and O–H groups in total. The number of hydrogen-bond acceptors (Lipinski definition) is 2. The van der Waals surface area contributed by atoms with Gasteiger partial charge in [-0.2, -0.15) is 13.2 Å². The summed E-state index contributed by atoms with van der Waals surface area (Å²) in [6, 6.07) is 4.05. The molecule has 0 saturated carbocycles. The highest BCUT2D eigenvalue weighted by Crippen LogP contribution is 2.37. The van der Waals surface area contributed by atoms with E-state index in [2.05, 4.69) is 33.4 Å². The van der Waals surface area contributed by atoms with Gasteiger partial charge in [0, 0.05) is 5.70 Å². The SMILES string of the molecule is C=C(C)C(C)C/C=C(C)/C(Cc1ccc(C(F)(F)F)c(OC)c1)=C(/N)CCC(C)C. The monoisotopic (exact) mass is 423 g/mol. The van der Waals surface area contributed by atoms with Gasteiger partial charge in [0.25, 0.3) is 0 Å². The molecule has 0 heterocycles. The summed E-state index contributed by atoms with van der Waals surface area (Å²) in [6.45, 7) is 14.4. The molecule has 2 nitrogen and oxygen atoms in total. The van der Waals surface area contributed by atoms with E-state index in [4.69, 9.17) is 10.5 Å². The zero-order chi connectivity index (χ0) is 23.1. The largest absolute Gasteiger partial charge is 0.496 e. The van der Waals surface area contributed by atoms with Crippen LogP contribution in [0.5, 0.6) is 5.75 Å². The van der Waals surface area contributed by atoms with Crippen LogP contribution in [0.25, 0.3) is 0 Å². The first-order valence-corrected chi connectivity index (χ1v) is 10.4. The summed E-state index contributed by atoms with van der Waals surface area (Å²) in [5.41, 5.74) is 10.4. The van der Waals surface area contributed by atoms with Gasteiger partial charge < -0.3 is 10.5 Å². The fourth-order valence-electron chi connectivity index (χ4n) is 3.06. The van der Waals surface area contributed by atoms with Crippen LogP contribution in [0.2, 0.25) is 0 Å². The third-order valence-corrected chi connectivity index (χ3v) is 5.43. The molecule has 0 spiro atoms. The van der Waals surface area contributed by atoms with Crippen molar-refractivity contribution in [1.29, 1.82) is 0 Å². The number of benzene rings is 1. The number of rotatable bonds is 10. The van der Waals surface area contributed by atoms with Gasteiger partial charge in [-0.1, -0.05) is 45.1 Å². The first-order valence-electron chi connectivity index (χ1n) is 10.4. The first kappa shape index (κ1) is 25.9. The average Bonchev–Trinajstić information content (AvgIpc) is 2.66. The molecule has 1 aromatic carbocycles. The molecular formula is C25H36F3NO. The minimum Gasteiger partial charge on any atom is -0.496 e. The van der Waals surface area contributed by atoms with Crippen molar-refractivity contribution in [2.24, 2.45) is 17.6 Å². The maximum absolute atomic E-state index is 13.2. The summed E-state index contributed by atoms with van der Waals surface area (Å²) >= 11 is 0. The van der Waals surface area contributed by atoms with Crippen molar-refractivity contribution in [1.82, 2.24) is 0 Å². The fraction of sp³-hybridized carbons (Fsp3) is 0.520. The number of methoxy groups -OCH3 is 1. The lowest BCUT2D eigenvalue weighted by Gasteiger charge is -2.17. The molecule has 0 aromatic heterocycles. The molecule has 0 amide bonds. The number of hydrogen-bond donors (Lipinski definition) is 1. The van der Waals surface area contributed by atoms with E-state index in [9.17, 15) is 13.2 Å². The van der Waals surface area contributed by atoms with Crippen LogP contribution in [0.1, 0.15) is 65.0 Å². The number of ether oxygens (including phenoxy) is 1. The van der Waals surface area contributed by atoms with Crippen molar-refractivity contribution in [2.45, 2.75) is 66.5 Å². The topological polar surface area (TPSA) is 35.2 Å². The summed E-state index contributed by atoms with van der Waals surface area (Å²) in [6.07, 6.45) is 0.722. The minimum absolute atomic E-state index is 0.169. The Morgan fingerprint density at radius 1 is 1.20 bits per heavy atom. The van der Waals surface area contributed by atoms with Gasteiger partial charge >= 0.3 is 6.18 Å². The standard InChI is InChI=1S/C25H36F3NO/c1-16(2)8-13-23(29)21(19(6)10-9-18(5)17(3)4)14-20-11-12-22(25(26,27)28)24(15-20)30-7/h10-12,15-16,18H,3,8-9,13-14,29H2,1-2,4-7H3/b19-10+,23-21+. The van der Waals surface area contributed by atoms with Gasteiger partial charge in [0.05, 0.1) is 12.7 Å². The highest BCUT2D eigenvalue weighted by Gasteiger charge is 2.34. The van der Waals surface area contributed by atoms with Crippen LogP contribution in [-0.4, -0.2) is 7.11 Å². The van der Waals surface area contributed by atoms with Crippen LogP contribution in [0.15, 0.2) is 53.3 Å². The minimum atomic E-state index is -4.45. The summed E-state index contributed by atoms with van der Waals surface area (Å²) < 4.78 is 44.5. The maximum atomic E-state index is 13.2. The molecule has 0 aliphatic rings. The lowest BCUT2D eigenvalue weighted by atomic mass is 9.91. The molecular weight excluding hydrogens is 387 g/mol. The Kier molecular flexibility index (Phi) is 9.73. The van der Waals surface area contributed by atoms with Gasteiger partial charge in [0.1, 0.15) is 5.75 Å². The Bertz CT molecular complexity index is 788. The fourth-order valence-corrected chi connectivity index (χ4v) is 3.06. The summed E-state index contributed by atoms with van der Waals surface area (Å²) in [4.78, 5) is 0. The van der Waals surface area contributed by atoms with E-state index in [1.54, 1.807) is 0 Å². The Hall–Kier alpha value is -2.17. The number of alkyl halides is 3. The normalized spacial score (nSPS) is 14.5. The van der Waals surface area contributed by atoms with E-state index in [0.717, 1.165) is 53.3 Å². The van der Waals surface area contributed by atoms with Gasteiger partial charge in [-0.25, -0.2) is 0 Å². The van der Waals surface area contributed by atoms with Crippen LogP contribution in [0.4, 0.5) is 13.2 Å². The van der Waals surface area contributed by atoms with Gasteiger partial charge in [-0.05, 0) is 80.2 Å². The summed E-state index contributed by atoms with van der Waals surface area (Å²) in [5, 5.41) is 0. The van der Waals surface area contributed by atoms with E-state index in [0.29, 0.717) is 18.3 Å². The molecule has 1 aromatic rings. The molecule has 1 atom stereocenters. The van der Waals surface area contributed by atoms with E-state index >= 15 is 0 Å². The van der Waals surface area contributed by atoms with Crippen molar-refractivity contribution in [3.63, 3.8) is 0 Å². The van der Waals surface area contributed by atoms with E-state index in [1.807, 2.05) is 13.8 Å². The van der Waals surface area contributed by atoms with Crippen molar-refractivity contribution in [3.05, 3.63) is 64.4 Å². The van der Waals surface area contributed by atoms with E-state index < -0.39 is 11.7 Å². The quantitative estimate of drug-likeness (QED) is 0.313. The van der Waals surface area contributed by atoms with Gasteiger partial charge in [-0.15, -0.1) is 0 Å². The predicted octanol–water partition coefficient (Wildman–Crippen LogP) is 7.45. The van der Waals surface area contributed by atoms with Crippen molar-refractivity contribution >= 4 is 0 Å². The Balaban J connectivity index is 3.28. The first-order chi connectivity index (χ1) is 13.9. The highest BCUT2D eigenvalue weighted by atomic mass is 19.4. The Morgan fingerprint density at radius 3 is 2.33 bits per heavy atom. The van der Waals surface area contributed by atoms with Crippen LogP contribution in [0, 0.1) is 11.8 Å². The van der Waals surface area contributed by atoms with Crippen LogP contribution < -0.4 is 10.5 Å². The zero-order valence-corrected chi connectivity index (χ0v) is 19.1. The lowest BCUT2D eigenvalue weighted by molar-refractivity contribution is -0.138. The molecule has 168 valence electrons. The third kappa shape index (κ3) is 7.92. The molecule has 5 heteroatoms. The zero-order valence-electron chi connectivity index (χ0n) is 19.1. The lowest BCUT2D eigenvalue weighted by Crippen LogP contribution is -2.10. The molecule has 0 radical (unpaired) electrons. The Morgan fingerprint density at radius 2 is 1.83 bits per heavy atom. The highest BCUT2D eigenvalue weighted by molar-refractivity contribution is 5.44. The Labute approximate surface area is 179 Å². The number of nitrogens with two attached hydrogens (primary N) is 1. The molecule has 1 unspecified atom stereocenters. The summed E-state index contributed by atoms with van der Waals surface area (Å²) in [5.74, 6) is 0.700. The van der Waals surface area contributed by atoms with Crippen LogP contribution >= 0.6 is 0 Å². The summed E-state index contributed by atoms with van der Waals surface area (Å²) in [7, 11) is 1.26. The van der Waals surface area contributed by atoms with Gasteiger partial charge in [0.15, 0.2) is 0 Å². The maximum Gasteiger partial charge on any atom is 0.419 e. The molecule has 0 aliphatic heterocycles. The average molecular weight is 424 g/mol. The molecule has 0 bridgehead atoms. The predicted molar refractivity (Wildman–Crippen MR) is 119 cm³/mol. The molecule has 30 heavy (non-hydrogen) atoms. The second-order valence-electron chi connectivity index (χ2n) is 8.52. The second kappa shape index (κ2) is 11.3. The second-order valence-corrected chi connectivity index (χ2v) is 8.52. The van der Waals surface area contributed by atoms with Crippen LogP contribution in [-0.2, 0) is 12.6 Å². The van der Waals surface area contributed by atoms with Gasteiger partial charge in [-0.3, -0.25) is 0 Å². The number of allylic oxidation sites excluding steroid dienone is 5. The van der Waals surface area contributed by atoms with Crippen LogP contribution in [0.3, 0.4) is 0 Å². The number of halogens is 3. The molecule has 0 fully saturated rings. The van der Waals surface area contributed by atoms with E-state index in [-0.39, 0.29) is 5.75 Å². The van der Waals surface area contributed by atoms with Crippen molar-refractivity contribution in [2.75, 3.05) is 7.11 Å². The molecule has 0 aliphatic carbocycles. The van der Waals surface area contributed by atoms with Crippen molar-refractivity contribution in [3.8, 4) is 5.75 Å². The molecule has 1 rings (SSSR count). The van der Waals surface area contributed by atoms with Crippen molar-refractivity contribution < 1.29 is 17.9 Å². The van der Waals surface area contributed by atoms with E-state index in [1.165, 1.54) is 19.2 Å². The smallest absolute Gasteiger partial charge is 0.419 e. The van der Waals surface area contributed by atoms with Gasteiger partial charge in [0.2, 0.25) is 0 Å². The molecule has 0 saturated heterocycles. The third-order valence-electron chi connectivity index (χ3n) is 5.43.